The molecule has 1 unspecified atom stereocenters. The molecular weight excluding hydrogens is 195 g/mol. The molecule has 0 aromatic heterocycles. The lowest BCUT2D eigenvalue weighted by molar-refractivity contribution is -0.195. The molecule has 0 spiro atoms. The summed E-state index contributed by atoms with van der Waals surface area (Å²) in [5.41, 5.74) is 4.97. The van der Waals surface area contributed by atoms with Crippen LogP contribution in [-0.2, 0) is 0 Å². The zero-order valence-electron chi connectivity index (χ0n) is 5.88. The van der Waals surface area contributed by atoms with Gasteiger partial charge in [-0.2, -0.15) is 18.3 Å². The van der Waals surface area contributed by atoms with Gasteiger partial charge in [0.15, 0.2) is 11.3 Å². The van der Waals surface area contributed by atoms with E-state index in [2.05, 4.69) is 10.9 Å². The standard InChI is InChI=1S/C4H8F3N3OS/c5-4(6,7)2(11)1-12-3(8)10-9/h2,11H,1,9H2,(H2,8,10). The summed E-state index contributed by atoms with van der Waals surface area (Å²) < 4.78 is 34.9. The number of nitrogens with zero attached hydrogens (tertiary/aromatic N) is 1. The largest absolute Gasteiger partial charge is 0.415 e. The van der Waals surface area contributed by atoms with Gasteiger partial charge in [-0.05, 0) is 0 Å². The molecule has 1 atom stereocenters. The lowest BCUT2D eigenvalue weighted by Crippen LogP contribution is -2.31. The third-order valence-electron chi connectivity index (χ3n) is 0.894. The molecule has 0 heterocycles. The van der Waals surface area contributed by atoms with Gasteiger partial charge in [-0.1, -0.05) is 11.8 Å². The average Bonchev–Trinajstić information content (AvgIpc) is 1.97. The van der Waals surface area contributed by atoms with Crippen LogP contribution in [0.25, 0.3) is 0 Å². The summed E-state index contributed by atoms with van der Waals surface area (Å²) in [6, 6.07) is 0. The van der Waals surface area contributed by atoms with Crippen molar-refractivity contribution in [2.75, 3.05) is 5.75 Å². The molecule has 0 aromatic rings. The van der Waals surface area contributed by atoms with Crippen LogP contribution in [0.1, 0.15) is 0 Å². The van der Waals surface area contributed by atoms with E-state index in [4.69, 9.17) is 10.8 Å². The van der Waals surface area contributed by atoms with Crippen molar-refractivity contribution in [3.05, 3.63) is 0 Å². The van der Waals surface area contributed by atoms with Gasteiger partial charge in [0.2, 0.25) is 0 Å². The first-order valence-corrected chi connectivity index (χ1v) is 3.77. The first kappa shape index (κ1) is 11.4. The third-order valence-corrected chi connectivity index (χ3v) is 1.78. The Kier molecular flexibility index (Phi) is 4.18. The van der Waals surface area contributed by atoms with Crippen molar-refractivity contribution in [3.8, 4) is 0 Å². The molecule has 0 aliphatic heterocycles. The molecule has 0 rings (SSSR count). The van der Waals surface area contributed by atoms with Gasteiger partial charge in [0, 0.05) is 5.75 Å². The zero-order valence-corrected chi connectivity index (χ0v) is 6.69. The molecule has 0 aromatic carbocycles. The van der Waals surface area contributed by atoms with Gasteiger partial charge in [-0.3, -0.25) is 0 Å². The number of hydrogen-bond acceptors (Lipinski definition) is 4. The van der Waals surface area contributed by atoms with Crippen molar-refractivity contribution in [1.82, 2.24) is 0 Å². The Morgan fingerprint density at radius 2 is 2.08 bits per heavy atom. The number of aliphatic hydroxyl groups excluding tert-OH is 1. The van der Waals surface area contributed by atoms with Gasteiger partial charge < -0.3 is 16.7 Å². The highest BCUT2D eigenvalue weighted by molar-refractivity contribution is 8.13. The minimum Gasteiger partial charge on any atom is -0.383 e. The summed E-state index contributed by atoms with van der Waals surface area (Å²) >= 11 is 0.544. The number of thioether (sulfide) groups is 1. The van der Waals surface area contributed by atoms with E-state index in [9.17, 15) is 13.2 Å². The summed E-state index contributed by atoms with van der Waals surface area (Å²) in [6.45, 7) is 0. The molecule has 5 N–H and O–H groups in total. The summed E-state index contributed by atoms with van der Waals surface area (Å²) in [5, 5.41) is 11.2. The van der Waals surface area contributed by atoms with E-state index in [1.54, 1.807) is 0 Å². The number of alkyl halides is 3. The Morgan fingerprint density at radius 1 is 1.58 bits per heavy atom. The first-order chi connectivity index (χ1) is 5.38. The monoisotopic (exact) mass is 203 g/mol. The number of halogens is 3. The van der Waals surface area contributed by atoms with Crippen LogP contribution in [0.15, 0.2) is 5.10 Å². The summed E-state index contributed by atoms with van der Waals surface area (Å²) in [4.78, 5) is 0. The number of hydrogen-bond donors (Lipinski definition) is 3. The smallest absolute Gasteiger partial charge is 0.383 e. The predicted molar refractivity (Wildman–Crippen MR) is 40.3 cm³/mol. The van der Waals surface area contributed by atoms with Crippen molar-refractivity contribution >= 4 is 16.9 Å². The van der Waals surface area contributed by atoms with E-state index in [0.717, 1.165) is 0 Å². The second-order valence-electron chi connectivity index (χ2n) is 1.84. The maximum Gasteiger partial charge on any atom is 0.415 e. The molecule has 8 heteroatoms. The fourth-order valence-electron chi connectivity index (χ4n) is 0.296. The summed E-state index contributed by atoms with van der Waals surface area (Å²) in [5.74, 6) is 4.05. The van der Waals surface area contributed by atoms with Gasteiger partial charge in [0.25, 0.3) is 0 Å². The van der Waals surface area contributed by atoms with E-state index in [0.29, 0.717) is 11.8 Å². The molecule has 0 saturated heterocycles. The molecule has 12 heavy (non-hydrogen) atoms. The van der Waals surface area contributed by atoms with Gasteiger partial charge >= 0.3 is 6.18 Å². The van der Waals surface area contributed by atoms with Gasteiger partial charge in [-0.25, -0.2) is 0 Å². The fourth-order valence-corrected chi connectivity index (χ4v) is 0.888. The second kappa shape index (κ2) is 4.41. The fraction of sp³-hybridized carbons (Fsp3) is 0.750. The molecule has 0 aliphatic carbocycles. The van der Waals surface area contributed by atoms with Gasteiger partial charge in [0.05, 0.1) is 0 Å². The van der Waals surface area contributed by atoms with Crippen LogP contribution >= 0.6 is 11.8 Å². The Labute approximate surface area is 70.8 Å². The van der Waals surface area contributed by atoms with Crippen molar-refractivity contribution in [2.24, 2.45) is 16.7 Å². The zero-order chi connectivity index (χ0) is 9.78. The van der Waals surface area contributed by atoms with E-state index >= 15 is 0 Å². The topological polar surface area (TPSA) is 84.6 Å². The van der Waals surface area contributed by atoms with Crippen molar-refractivity contribution < 1.29 is 18.3 Å². The van der Waals surface area contributed by atoms with E-state index in [-0.39, 0.29) is 5.17 Å². The van der Waals surface area contributed by atoms with Crippen LogP contribution in [-0.4, -0.2) is 28.3 Å². The normalized spacial score (nSPS) is 16.2. The van der Waals surface area contributed by atoms with Crippen LogP contribution in [0.5, 0.6) is 0 Å². The first-order valence-electron chi connectivity index (χ1n) is 2.79. The maximum atomic E-state index is 11.6. The van der Waals surface area contributed by atoms with Crippen LogP contribution in [0.4, 0.5) is 13.2 Å². The SMILES string of the molecule is NN=C(N)SCC(O)C(F)(F)F. The maximum absolute atomic E-state index is 11.6. The number of hydrazone groups is 1. The lowest BCUT2D eigenvalue weighted by atomic mass is 10.4. The molecule has 0 saturated carbocycles. The number of rotatable bonds is 2. The Hall–Kier alpha value is -0.630. The average molecular weight is 203 g/mol. The van der Waals surface area contributed by atoms with Gasteiger partial charge in [-0.15, -0.1) is 0 Å². The van der Waals surface area contributed by atoms with Crippen LogP contribution in [0.3, 0.4) is 0 Å². The molecule has 0 amide bonds. The predicted octanol–water partition coefficient (Wildman–Crippen LogP) is -0.169. The van der Waals surface area contributed by atoms with Gasteiger partial charge in [0.1, 0.15) is 0 Å². The molecule has 72 valence electrons. The molecular formula is C4H8F3N3OS. The number of amidine groups is 1. The minimum absolute atomic E-state index is 0.196. The molecule has 0 aliphatic rings. The van der Waals surface area contributed by atoms with Crippen LogP contribution in [0.2, 0.25) is 0 Å². The van der Waals surface area contributed by atoms with Crippen LogP contribution < -0.4 is 11.6 Å². The third kappa shape index (κ3) is 4.29. The van der Waals surface area contributed by atoms with E-state index < -0.39 is 18.0 Å². The quantitative estimate of drug-likeness (QED) is 0.252. The Balaban J connectivity index is 3.80. The Bertz CT molecular complexity index is 171. The molecule has 0 fully saturated rings. The summed E-state index contributed by atoms with van der Waals surface area (Å²) in [6.07, 6.45) is -7.02. The van der Waals surface area contributed by atoms with Crippen molar-refractivity contribution in [2.45, 2.75) is 12.3 Å². The number of nitrogens with two attached hydrogens (primary N) is 2. The molecule has 4 nitrogen and oxygen atoms in total. The Morgan fingerprint density at radius 3 is 2.42 bits per heavy atom. The summed E-state index contributed by atoms with van der Waals surface area (Å²) in [7, 11) is 0. The second-order valence-corrected chi connectivity index (χ2v) is 2.88. The highest BCUT2D eigenvalue weighted by Crippen LogP contribution is 2.22. The van der Waals surface area contributed by atoms with E-state index in [1.165, 1.54) is 0 Å². The minimum atomic E-state index is -4.62. The van der Waals surface area contributed by atoms with Crippen molar-refractivity contribution in [3.63, 3.8) is 0 Å². The van der Waals surface area contributed by atoms with Crippen molar-refractivity contribution in [1.29, 1.82) is 0 Å². The molecule has 0 bridgehead atoms. The van der Waals surface area contributed by atoms with E-state index in [1.807, 2.05) is 0 Å². The number of aliphatic hydroxyl groups is 1. The highest BCUT2D eigenvalue weighted by atomic mass is 32.2. The lowest BCUT2D eigenvalue weighted by Gasteiger charge is -2.12. The highest BCUT2D eigenvalue weighted by Gasteiger charge is 2.38. The van der Waals surface area contributed by atoms with Crippen LogP contribution in [0, 0.1) is 0 Å². The molecule has 0 radical (unpaired) electrons.